The number of piperidine rings is 1. The molecule has 3 heterocycles. The minimum atomic E-state index is -0.138. The van der Waals surface area contributed by atoms with Crippen molar-refractivity contribution in [1.29, 1.82) is 0 Å². The van der Waals surface area contributed by atoms with Gasteiger partial charge in [-0.15, -0.1) is 0 Å². The van der Waals surface area contributed by atoms with Gasteiger partial charge in [-0.3, -0.25) is 9.59 Å². The number of nitrogens with one attached hydrogen (secondary N) is 1. The normalized spacial score (nSPS) is 17.5. The van der Waals surface area contributed by atoms with E-state index in [-0.39, 0.29) is 23.2 Å². The van der Waals surface area contributed by atoms with Gasteiger partial charge in [0, 0.05) is 44.6 Å². The van der Waals surface area contributed by atoms with E-state index in [1.165, 1.54) is 9.25 Å². The highest BCUT2D eigenvalue weighted by Gasteiger charge is 2.24. The lowest BCUT2D eigenvalue weighted by Crippen LogP contribution is -2.45. The number of aromatic nitrogens is 4. The first kappa shape index (κ1) is 18.2. The van der Waals surface area contributed by atoms with Crippen molar-refractivity contribution in [3.63, 3.8) is 0 Å². The van der Waals surface area contributed by atoms with Crippen molar-refractivity contribution >= 4 is 11.6 Å². The van der Waals surface area contributed by atoms with Crippen LogP contribution in [0.25, 0.3) is 0 Å². The van der Waals surface area contributed by atoms with Crippen LogP contribution in [0.5, 0.6) is 0 Å². The summed E-state index contributed by atoms with van der Waals surface area (Å²) in [6.45, 7) is 5.39. The summed E-state index contributed by atoms with van der Waals surface area (Å²) in [5.41, 5.74) is -0.228. The van der Waals surface area contributed by atoms with Crippen LogP contribution >= 0.6 is 0 Å². The molecule has 8 heteroatoms. The number of aryl methyl sites for hydroxylation is 1. The Labute approximate surface area is 152 Å². The monoisotopic (exact) mass is 358 g/mol. The molecule has 0 spiro atoms. The first-order chi connectivity index (χ1) is 12.5. The van der Waals surface area contributed by atoms with Crippen LogP contribution in [-0.4, -0.2) is 38.5 Å². The zero-order valence-corrected chi connectivity index (χ0v) is 15.6. The van der Waals surface area contributed by atoms with E-state index >= 15 is 0 Å². The van der Waals surface area contributed by atoms with Gasteiger partial charge in [0.15, 0.2) is 5.82 Å². The molecule has 26 heavy (non-hydrogen) atoms. The minimum Gasteiger partial charge on any atom is -0.363 e. The van der Waals surface area contributed by atoms with Gasteiger partial charge in [0.05, 0.1) is 6.04 Å². The smallest absolute Gasteiger partial charge is 0.293 e. The van der Waals surface area contributed by atoms with E-state index in [1.807, 2.05) is 13.8 Å². The third-order valence-corrected chi connectivity index (χ3v) is 4.74. The fraction of sp³-hybridized carbons (Fsp3) is 0.556. The van der Waals surface area contributed by atoms with Crippen LogP contribution in [0.3, 0.4) is 0 Å². The summed E-state index contributed by atoms with van der Waals surface area (Å²) in [5.74, 6) is 1.17. The molecule has 1 unspecified atom stereocenters. The van der Waals surface area contributed by atoms with Crippen LogP contribution in [0.2, 0.25) is 0 Å². The van der Waals surface area contributed by atoms with Gasteiger partial charge >= 0.3 is 0 Å². The van der Waals surface area contributed by atoms with Gasteiger partial charge in [-0.25, -0.2) is 9.67 Å². The van der Waals surface area contributed by atoms with E-state index < -0.39 is 0 Å². The average Bonchev–Trinajstić information content (AvgIpc) is 2.63. The number of hydrogen-bond acceptors (Lipinski definition) is 6. The zero-order valence-electron chi connectivity index (χ0n) is 15.6. The molecule has 0 radical (unpaired) electrons. The van der Waals surface area contributed by atoms with Crippen molar-refractivity contribution < 1.29 is 0 Å². The van der Waals surface area contributed by atoms with Crippen LogP contribution in [0.15, 0.2) is 34.1 Å². The van der Waals surface area contributed by atoms with Crippen molar-refractivity contribution in [2.75, 3.05) is 23.3 Å². The second-order valence-corrected chi connectivity index (χ2v) is 6.98. The van der Waals surface area contributed by atoms with E-state index in [9.17, 15) is 9.59 Å². The van der Waals surface area contributed by atoms with Gasteiger partial charge in [-0.05, 0) is 39.2 Å². The Bertz CT molecular complexity index is 872. The maximum atomic E-state index is 12.1. The molecule has 1 fully saturated rings. The molecule has 0 aliphatic carbocycles. The highest BCUT2D eigenvalue weighted by molar-refractivity contribution is 5.40. The van der Waals surface area contributed by atoms with E-state index in [1.54, 1.807) is 31.6 Å². The van der Waals surface area contributed by atoms with E-state index in [0.29, 0.717) is 12.4 Å². The number of anilines is 2. The van der Waals surface area contributed by atoms with Gasteiger partial charge in [0.1, 0.15) is 5.82 Å². The fourth-order valence-electron chi connectivity index (χ4n) is 3.29. The summed E-state index contributed by atoms with van der Waals surface area (Å²) in [6, 6.07) is 3.58. The van der Waals surface area contributed by atoms with Gasteiger partial charge in [-0.2, -0.15) is 5.10 Å². The summed E-state index contributed by atoms with van der Waals surface area (Å²) in [7, 11) is 1.71. The topological polar surface area (TPSA) is 85.1 Å². The first-order valence-electron chi connectivity index (χ1n) is 9.09. The Hall–Kier alpha value is -2.64. The van der Waals surface area contributed by atoms with Crippen LogP contribution < -0.4 is 21.3 Å². The molecule has 0 bridgehead atoms. The third kappa shape index (κ3) is 3.79. The summed E-state index contributed by atoms with van der Waals surface area (Å²) in [5, 5.41) is 7.74. The number of hydrogen-bond donors (Lipinski definition) is 1. The highest BCUT2D eigenvalue weighted by Crippen LogP contribution is 2.22. The minimum absolute atomic E-state index is 0.0142. The molecule has 3 rings (SSSR count). The molecule has 0 aromatic carbocycles. The first-order valence-corrected chi connectivity index (χ1v) is 9.09. The lowest BCUT2D eigenvalue weighted by Gasteiger charge is -2.37. The number of nitrogens with zero attached hydrogens (tertiary/aromatic N) is 5. The standard InChI is InChI=1S/C18H26N6O2/c1-13(2)24-16(25)8-7-15(21-24)23-10-5-4-6-14(23)12-20-17-18(26)22(3)11-9-19-17/h7-9,11,13-14H,4-6,10,12H2,1-3H3,(H,19,20). The molecule has 8 nitrogen and oxygen atoms in total. The van der Waals surface area contributed by atoms with E-state index in [2.05, 4.69) is 20.3 Å². The molecule has 0 saturated carbocycles. The zero-order chi connectivity index (χ0) is 18.7. The van der Waals surface area contributed by atoms with Gasteiger partial charge < -0.3 is 14.8 Å². The summed E-state index contributed by atoms with van der Waals surface area (Å²) in [6.07, 6.45) is 6.47. The van der Waals surface area contributed by atoms with Gasteiger partial charge in [0.2, 0.25) is 0 Å². The fourth-order valence-corrected chi connectivity index (χ4v) is 3.29. The Morgan fingerprint density at radius 1 is 1.27 bits per heavy atom. The molecule has 1 atom stereocenters. The predicted molar refractivity (Wildman–Crippen MR) is 102 cm³/mol. The second-order valence-electron chi connectivity index (χ2n) is 6.98. The lowest BCUT2D eigenvalue weighted by atomic mass is 10.0. The lowest BCUT2D eigenvalue weighted by molar-refractivity contribution is 0.451. The Kier molecular flexibility index (Phi) is 5.39. The molecule has 2 aromatic rings. The van der Waals surface area contributed by atoms with Crippen LogP contribution in [-0.2, 0) is 7.05 Å². The Balaban J connectivity index is 1.80. The van der Waals surface area contributed by atoms with Crippen LogP contribution in [0.4, 0.5) is 11.6 Å². The molecule has 1 N–H and O–H groups in total. The van der Waals surface area contributed by atoms with E-state index in [0.717, 1.165) is 31.6 Å². The van der Waals surface area contributed by atoms with Crippen molar-refractivity contribution in [3.8, 4) is 0 Å². The second kappa shape index (κ2) is 7.72. The molecular weight excluding hydrogens is 332 g/mol. The molecule has 1 aliphatic heterocycles. The average molecular weight is 358 g/mol. The maximum absolute atomic E-state index is 12.1. The summed E-state index contributed by atoms with van der Waals surface area (Å²) < 4.78 is 3.02. The van der Waals surface area contributed by atoms with Crippen molar-refractivity contribution in [3.05, 3.63) is 45.2 Å². The largest absolute Gasteiger partial charge is 0.363 e. The molecule has 1 aliphatic rings. The summed E-state index contributed by atoms with van der Waals surface area (Å²) in [4.78, 5) is 30.5. The Morgan fingerprint density at radius 3 is 2.85 bits per heavy atom. The van der Waals surface area contributed by atoms with Gasteiger partial charge in [-0.1, -0.05) is 0 Å². The molecule has 2 aromatic heterocycles. The molecular formula is C18H26N6O2. The molecule has 1 saturated heterocycles. The highest BCUT2D eigenvalue weighted by atomic mass is 16.1. The third-order valence-electron chi connectivity index (χ3n) is 4.74. The van der Waals surface area contributed by atoms with E-state index in [4.69, 9.17) is 0 Å². The molecule has 0 amide bonds. The van der Waals surface area contributed by atoms with Crippen molar-refractivity contribution in [1.82, 2.24) is 19.3 Å². The SMILES string of the molecule is CC(C)n1nc(N2CCCCC2CNc2nccn(C)c2=O)ccc1=O. The predicted octanol–water partition coefficient (Wildman–Crippen LogP) is 1.39. The van der Waals surface area contributed by atoms with Crippen LogP contribution in [0, 0.1) is 0 Å². The van der Waals surface area contributed by atoms with Gasteiger partial charge in [0.25, 0.3) is 11.1 Å². The maximum Gasteiger partial charge on any atom is 0.293 e. The van der Waals surface area contributed by atoms with Crippen LogP contribution in [0.1, 0.15) is 39.2 Å². The van der Waals surface area contributed by atoms with Crippen molar-refractivity contribution in [2.24, 2.45) is 7.05 Å². The summed E-state index contributed by atoms with van der Waals surface area (Å²) >= 11 is 0. The number of rotatable bonds is 5. The quantitative estimate of drug-likeness (QED) is 0.869. The Morgan fingerprint density at radius 2 is 2.08 bits per heavy atom. The van der Waals surface area contributed by atoms with Crippen molar-refractivity contribution in [2.45, 2.75) is 45.2 Å². The molecule has 140 valence electrons.